The average Bonchev–Trinajstić information content (AvgIpc) is 2.87. The Morgan fingerprint density at radius 3 is 2.19 bits per heavy atom. The average molecular weight is 627 g/mol. The van der Waals surface area contributed by atoms with Crippen molar-refractivity contribution in [2.75, 3.05) is 24.2 Å². The number of carbonyl (C=O) groups excluding carboxylic acids is 2. The molecule has 0 bridgehead atoms. The van der Waals surface area contributed by atoms with E-state index < -0.39 is 28.5 Å². The van der Waals surface area contributed by atoms with Crippen LogP contribution in [-0.4, -0.2) is 51.0 Å². The Morgan fingerprint density at radius 2 is 1.59 bits per heavy atom. The van der Waals surface area contributed by atoms with E-state index in [9.17, 15) is 18.0 Å². The standard InChI is InChI=1S/C26H26BrCl2N3O4S/c1-30-26(34)23(15-18-7-4-3-5-8-18)31(16-19-11-13-20(27)14-12-19)24(33)17-32(37(2,35)36)22-10-6-9-21(28)25(22)29/h3-14,23H,15-17H2,1-2H3,(H,30,34)/t23-/m0/s1. The molecule has 11 heteroatoms. The molecule has 3 aromatic carbocycles. The third-order valence-electron chi connectivity index (χ3n) is 5.66. The third-order valence-corrected chi connectivity index (χ3v) is 8.13. The minimum Gasteiger partial charge on any atom is -0.357 e. The van der Waals surface area contributed by atoms with Crippen LogP contribution in [0.5, 0.6) is 0 Å². The van der Waals surface area contributed by atoms with Crippen molar-refractivity contribution >= 4 is 66.7 Å². The maximum atomic E-state index is 13.8. The topological polar surface area (TPSA) is 86.8 Å². The number of hydrogen-bond acceptors (Lipinski definition) is 4. The van der Waals surface area contributed by atoms with Crippen LogP contribution in [0, 0.1) is 0 Å². The van der Waals surface area contributed by atoms with Crippen molar-refractivity contribution in [3.63, 3.8) is 0 Å². The summed E-state index contributed by atoms with van der Waals surface area (Å²) in [7, 11) is -2.44. The molecule has 0 heterocycles. The van der Waals surface area contributed by atoms with Crippen molar-refractivity contribution in [3.8, 4) is 0 Å². The van der Waals surface area contributed by atoms with Crippen LogP contribution in [0.15, 0.2) is 77.3 Å². The first-order valence-corrected chi connectivity index (χ1v) is 14.6. The van der Waals surface area contributed by atoms with E-state index in [1.54, 1.807) is 6.07 Å². The van der Waals surface area contributed by atoms with E-state index in [1.165, 1.54) is 24.1 Å². The quantitative estimate of drug-likeness (QED) is 0.347. The van der Waals surface area contributed by atoms with Gasteiger partial charge in [-0.2, -0.15) is 0 Å². The summed E-state index contributed by atoms with van der Waals surface area (Å²) in [6.07, 6.45) is 1.22. The molecule has 196 valence electrons. The van der Waals surface area contributed by atoms with Crippen LogP contribution in [0.1, 0.15) is 11.1 Å². The second-order valence-electron chi connectivity index (χ2n) is 8.31. The highest BCUT2D eigenvalue weighted by Crippen LogP contribution is 2.33. The SMILES string of the molecule is CNC(=O)[C@H](Cc1ccccc1)N(Cc1ccc(Br)cc1)C(=O)CN(c1cccc(Cl)c1Cl)S(C)(=O)=O. The molecule has 0 fully saturated rings. The molecule has 1 atom stereocenters. The van der Waals surface area contributed by atoms with E-state index in [1.807, 2.05) is 54.6 Å². The number of anilines is 1. The fourth-order valence-corrected chi connectivity index (χ4v) is 5.35. The highest BCUT2D eigenvalue weighted by molar-refractivity contribution is 9.10. The van der Waals surface area contributed by atoms with Gasteiger partial charge in [0, 0.05) is 24.5 Å². The monoisotopic (exact) mass is 625 g/mol. The van der Waals surface area contributed by atoms with Crippen molar-refractivity contribution in [2.45, 2.75) is 19.0 Å². The number of nitrogens with one attached hydrogen (secondary N) is 1. The van der Waals surface area contributed by atoms with E-state index in [0.29, 0.717) is 0 Å². The van der Waals surface area contributed by atoms with Gasteiger partial charge >= 0.3 is 0 Å². The van der Waals surface area contributed by atoms with Crippen LogP contribution in [0.2, 0.25) is 10.0 Å². The van der Waals surface area contributed by atoms with Gasteiger partial charge in [-0.1, -0.05) is 87.7 Å². The van der Waals surface area contributed by atoms with E-state index in [2.05, 4.69) is 21.2 Å². The van der Waals surface area contributed by atoms with Gasteiger partial charge < -0.3 is 10.2 Å². The fourth-order valence-electron chi connectivity index (χ4n) is 3.79. The molecule has 37 heavy (non-hydrogen) atoms. The number of halogens is 3. The van der Waals surface area contributed by atoms with Crippen LogP contribution >= 0.6 is 39.1 Å². The van der Waals surface area contributed by atoms with Crippen LogP contribution in [0.3, 0.4) is 0 Å². The minimum absolute atomic E-state index is 0.00832. The first kappa shape index (κ1) is 29.0. The van der Waals surface area contributed by atoms with Gasteiger partial charge in [-0.3, -0.25) is 13.9 Å². The lowest BCUT2D eigenvalue weighted by molar-refractivity contribution is -0.139. The summed E-state index contributed by atoms with van der Waals surface area (Å²) in [5.41, 5.74) is 1.70. The number of carbonyl (C=O) groups is 2. The van der Waals surface area contributed by atoms with Crippen molar-refractivity contribution < 1.29 is 18.0 Å². The number of hydrogen-bond donors (Lipinski definition) is 1. The van der Waals surface area contributed by atoms with E-state index in [0.717, 1.165) is 26.2 Å². The fraction of sp³-hybridized carbons (Fsp3) is 0.231. The predicted octanol–water partition coefficient (Wildman–Crippen LogP) is 4.91. The molecule has 0 spiro atoms. The van der Waals surface area contributed by atoms with Gasteiger partial charge in [0.2, 0.25) is 21.8 Å². The second kappa shape index (κ2) is 12.8. The lowest BCUT2D eigenvalue weighted by Crippen LogP contribution is -2.52. The summed E-state index contributed by atoms with van der Waals surface area (Å²) < 4.78 is 27.3. The van der Waals surface area contributed by atoms with Gasteiger partial charge in [0.25, 0.3) is 0 Å². The lowest BCUT2D eigenvalue weighted by atomic mass is 10.0. The molecule has 0 aliphatic rings. The Hall–Kier alpha value is -2.59. The van der Waals surface area contributed by atoms with Crippen LogP contribution in [-0.2, 0) is 32.6 Å². The Labute approximate surface area is 235 Å². The van der Waals surface area contributed by atoms with E-state index in [4.69, 9.17) is 23.2 Å². The maximum absolute atomic E-state index is 13.8. The van der Waals surface area contributed by atoms with Crippen LogP contribution in [0.25, 0.3) is 0 Å². The highest BCUT2D eigenvalue weighted by atomic mass is 79.9. The second-order valence-corrected chi connectivity index (χ2v) is 11.9. The van der Waals surface area contributed by atoms with Gasteiger partial charge in [-0.05, 0) is 35.4 Å². The number of amides is 2. The maximum Gasteiger partial charge on any atom is 0.244 e. The van der Waals surface area contributed by atoms with Crippen LogP contribution in [0.4, 0.5) is 5.69 Å². The van der Waals surface area contributed by atoms with E-state index in [-0.39, 0.29) is 34.6 Å². The molecule has 0 radical (unpaired) electrons. The predicted molar refractivity (Wildman–Crippen MR) is 151 cm³/mol. The zero-order valence-corrected chi connectivity index (χ0v) is 24.1. The first-order valence-electron chi connectivity index (χ1n) is 11.2. The molecule has 1 N–H and O–H groups in total. The number of likely N-dealkylation sites (N-methyl/N-ethyl adjacent to an activating group) is 1. The van der Waals surface area contributed by atoms with Gasteiger partial charge in [0.15, 0.2) is 0 Å². The number of benzene rings is 3. The number of nitrogens with zero attached hydrogens (tertiary/aromatic N) is 2. The third kappa shape index (κ3) is 7.70. The van der Waals surface area contributed by atoms with Crippen LogP contribution < -0.4 is 9.62 Å². The molecule has 0 saturated carbocycles. The van der Waals surface area contributed by atoms with Crippen molar-refractivity contribution in [1.29, 1.82) is 0 Å². The Bertz CT molecular complexity index is 1360. The van der Waals surface area contributed by atoms with Gasteiger partial charge in [0.1, 0.15) is 12.6 Å². The molecule has 0 unspecified atom stereocenters. The lowest BCUT2D eigenvalue weighted by Gasteiger charge is -2.33. The minimum atomic E-state index is -3.94. The van der Waals surface area contributed by atoms with Crippen molar-refractivity contribution in [3.05, 3.63) is 98.4 Å². The molecule has 0 saturated heterocycles. The summed E-state index contributed by atoms with van der Waals surface area (Å²) in [6.45, 7) is -0.490. The first-order chi connectivity index (χ1) is 17.5. The van der Waals surface area contributed by atoms with Gasteiger partial charge in [-0.15, -0.1) is 0 Å². The Balaban J connectivity index is 2.05. The molecule has 2 amide bonds. The van der Waals surface area contributed by atoms with Crippen molar-refractivity contribution in [1.82, 2.24) is 10.2 Å². The Morgan fingerprint density at radius 1 is 0.946 bits per heavy atom. The summed E-state index contributed by atoms with van der Waals surface area (Å²) in [4.78, 5) is 28.3. The largest absolute Gasteiger partial charge is 0.357 e. The van der Waals surface area contributed by atoms with E-state index >= 15 is 0 Å². The normalized spacial score (nSPS) is 12.0. The summed E-state index contributed by atoms with van der Waals surface area (Å²) in [5.74, 6) is -0.949. The number of sulfonamides is 1. The molecular formula is C26H26BrCl2N3O4S. The molecular weight excluding hydrogens is 601 g/mol. The molecule has 3 rings (SSSR count). The highest BCUT2D eigenvalue weighted by Gasteiger charge is 2.33. The molecule has 0 aromatic heterocycles. The van der Waals surface area contributed by atoms with Gasteiger partial charge in [-0.25, -0.2) is 8.42 Å². The van der Waals surface area contributed by atoms with Gasteiger partial charge in [0.05, 0.1) is 22.0 Å². The smallest absolute Gasteiger partial charge is 0.244 e. The molecule has 7 nitrogen and oxygen atoms in total. The summed E-state index contributed by atoms with van der Waals surface area (Å²) in [5, 5.41) is 2.80. The number of rotatable bonds is 10. The zero-order chi connectivity index (χ0) is 27.2. The summed E-state index contributed by atoms with van der Waals surface area (Å²) in [6, 6.07) is 20.3. The Kier molecular flexibility index (Phi) is 10.0. The van der Waals surface area contributed by atoms with Crippen molar-refractivity contribution in [2.24, 2.45) is 0 Å². The molecule has 0 aliphatic heterocycles. The zero-order valence-electron chi connectivity index (χ0n) is 20.2. The summed E-state index contributed by atoms with van der Waals surface area (Å²) >= 11 is 15.8. The molecule has 0 aliphatic carbocycles. The molecule has 3 aromatic rings.